The lowest BCUT2D eigenvalue weighted by Crippen LogP contribution is -1.93. The van der Waals surface area contributed by atoms with Crippen LogP contribution in [0.25, 0.3) is 0 Å². The molecule has 0 spiro atoms. The van der Waals surface area contributed by atoms with Crippen molar-refractivity contribution >= 4 is 29.1 Å². The van der Waals surface area contributed by atoms with Crippen molar-refractivity contribution in [2.75, 3.05) is 12.8 Å². The third kappa shape index (κ3) is 3.33. The lowest BCUT2D eigenvalue weighted by Gasteiger charge is -2.09. The van der Waals surface area contributed by atoms with E-state index in [0.29, 0.717) is 22.0 Å². The number of hydrogen-bond acceptors (Lipinski definition) is 3. The van der Waals surface area contributed by atoms with Gasteiger partial charge in [0.25, 0.3) is 0 Å². The Kier molecular flexibility index (Phi) is 4.56. The molecule has 0 amide bonds. The SMILES string of the molecule is COc1ccc(N)c(SCc2c(F)cccc2Cl)c1. The highest BCUT2D eigenvalue weighted by Crippen LogP contribution is 2.33. The van der Waals surface area contributed by atoms with Gasteiger partial charge in [0.2, 0.25) is 0 Å². The van der Waals surface area contributed by atoms with Crippen LogP contribution in [0, 0.1) is 5.82 Å². The summed E-state index contributed by atoms with van der Waals surface area (Å²) >= 11 is 7.41. The zero-order valence-corrected chi connectivity index (χ0v) is 11.9. The Bertz CT molecular complexity index is 571. The number of benzene rings is 2. The second-order valence-corrected chi connectivity index (χ2v) is 5.32. The van der Waals surface area contributed by atoms with E-state index in [9.17, 15) is 4.39 Å². The topological polar surface area (TPSA) is 35.2 Å². The van der Waals surface area contributed by atoms with Crippen LogP contribution >= 0.6 is 23.4 Å². The van der Waals surface area contributed by atoms with E-state index >= 15 is 0 Å². The fourth-order valence-corrected chi connectivity index (χ4v) is 2.92. The summed E-state index contributed by atoms with van der Waals surface area (Å²) in [6, 6.07) is 10.0. The van der Waals surface area contributed by atoms with Crippen molar-refractivity contribution in [1.82, 2.24) is 0 Å². The van der Waals surface area contributed by atoms with Gasteiger partial charge in [-0.1, -0.05) is 17.7 Å². The summed E-state index contributed by atoms with van der Waals surface area (Å²) in [5.41, 5.74) is 7.00. The number of halogens is 2. The van der Waals surface area contributed by atoms with Gasteiger partial charge in [0.05, 0.1) is 7.11 Å². The van der Waals surface area contributed by atoms with Crippen LogP contribution in [-0.4, -0.2) is 7.11 Å². The van der Waals surface area contributed by atoms with Crippen LogP contribution in [0.4, 0.5) is 10.1 Å². The first-order valence-corrected chi connectivity index (χ1v) is 6.97. The normalized spacial score (nSPS) is 10.5. The number of methoxy groups -OCH3 is 1. The first-order chi connectivity index (χ1) is 9.11. The average molecular weight is 298 g/mol. The van der Waals surface area contributed by atoms with Crippen molar-refractivity contribution in [3.05, 3.63) is 52.8 Å². The smallest absolute Gasteiger partial charge is 0.128 e. The van der Waals surface area contributed by atoms with Gasteiger partial charge in [0, 0.05) is 26.9 Å². The van der Waals surface area contributed by atoms with E-state index in [2.05, 4.69) is 0 Å². The van der Waals surface area contributed by atoms with Crippen molar-refractivity contribution in [3.63, 3.8) is 0 Å². The van der Waals surface area contributed by atoms with Gasteiger partial charge in [-0.05, 0) is 30.3 Å². The third-order valence-corrected chi connectivity index (χ3v) is 4.11. The Hall–Kier alpha value is -1.39. The molecule has 0 saturated carbocycles. The van der Waals surface area contributed by atoms with Crippen LogP contribution in [0.1, 0.15) is 5.56 Å². The van der Waals surface area contributed by atoms with Crippen LogP contribution < -0.4 is 10.5 Å². The van der Waals surface area contributed by atoms with Crippen molar-refractivity contribution in [3.8, 4) is 5.75 Å². The maximum Gasteiger partial charge on any atom is 0.128 e. The molecule has 2 aromatic rings. The van der Waals surface area contributed by atoms with Crippen LogP contribution in [-0.2, 0) is 5.75 Å². The third-order valence-electron chi connectivity index (χ3n) is 2.65. The minimum absolute atomic E-state index is 0.304. The molecule has 100 valence electrons. The lowest BCUT2D eigenvalue weighted by atomic mass is 10.2. The Labute approximate surface area is 120 Å². The van der Waals surface area contributed by atoms with Gasteiger partial charge < -0.3 is 10.5 Å². The number of thioether (sulfide) groups is 1. The average Bonchev–Trinajstić information content (AvgIpc) is 2.40. The Balaban J connectivity index is 2.19. The molecule has 0 unspecified atom stereocenters. The zero-order chi connectivity index (χ0) is 13.8. The van der Waals surface area contributed by atoms with Crippen molar-refractivity contribution in [2.45, 2.75) is 10.6 Å². The number of anilines is 1. The molecule has 2 N–H and O–H groups in total. The van der Waals surface area contributed by atoms with Gasteiger partial charge in [-0.3, -0.25) is 0 Å². The molecule has 2 aromatic carbocycles. The summed E-state index contributed by atoms with van der Waals surface area (Å²) in [5.74, 6) is 0.834. The minimum atomic E-state index is -0.304. The van der Waals surface area contributed by atoms with Crippen LogP contribution in [0.5, 0.6) is 5.75 Å². The summed E-state index contributed by atoms with van der Waals surface area (Å²) in [6.07, 6.45) is 0. The molecule has 0 atom stereocenters. The molecule has 2 nitrogen and oxygen atoms in total. The molecular weight excluding hydrogens is 285 g/mol. The molecule has 0 fully saturated rings. The minimum Gasteiger partial charge on any atom is -0.497 e. The predicted octanol–water partition coefficient (Wildman–Crippen LogP) is 4.36. The first kappa shape index (κ1) is 14.0. The molecule has 0 aromatic heterocycles. The number of hydrogen-bond donors (Lipinski definition) is 1. The van der Waals surface area contributed by atoms with Gasteiger partial charge in [0.15, 0.2) is 0 Å². The summed E-state index contributed by atoms with van der Waals surface area (Å²) in [7, 11) is 1.59. The van der Waals surface area contributed by atoms with Crippen LogP contribution in [0.15, 0.2) is 41.3 Å². The van der Waals surface area contributed by atoms with E-state index in [1.54, 1.807) is 31.4 Å². The second-order valence-electron chi connectivity index (χ2n) is 3.89. The second kappa shape index (κ2) is 6.17. The number of nitrogen functional groups attached to an aromatic ring is 1. The monoisotopic (exact) mass is 297 g/mol. The van der Waals surface area contributed by atoms with E-state index in [1.807, 2.05) is 6.07 Å². The van der Waals surface area contributed by atoms with E-state index in [-0.39, 0.29) is 5.82 Å². The van der Waals surface area contributed by atoms with Crippen molar-refractivity contribution in [2.24, 2.45) is 0 Å². The number of rotatable bonds is 4. The Morgan fingerprint density at radius 1 is 1.32 bits per heavy atom. The molecule has 5 heteroatoms. The summed E-state index contributed by atoms with van der Waals surface area (Å²) < 4.78 is 18.8. The van der Waals surface area contributed by atoms with Gasteiger partial charge in [-0.2, -0.15) is 0 Å². The molecule has 0 radical (unpaired) electrons. The Morgan fingerprint density at radius 3 is 2.79 bits per heavy atom. The van der Waals surface area contributed by atoms with Crippen molar-refractivity contribution in [1.29, 1.82) is 0 Å². The fourth-order valence-electron chi connectivity index (χ4n) is 1.59. The largest absolute Gasteiger partial charge is 0.497 e. The number of ether oxygens (including phenoxy) is 1. The molecule has 0 bridgehead atoms. The maximum atomic E-state index is 13.6. The highest BCUT2D eigenvalue weighted by molar-refractivity contribution is 7.98. The fraction of sp³-hybridized carbons (Fsp3) is 0.143. The van der Waals surface area contributed by atoms with Gasteiger partial charge in [0.1, 0.15) is 11.6 Å². The van der Waals surface area contributed by atoms with E-state index in [0.717, 1.165) is 10.6 Å². The molecule has 0 aliphatic rings. The quantitative estimate of drug-likeness (QED) is 0.672. The van der Waals surface area contributed by atoms with Gasteiger partial charge in [-0.15, -0.1) is 11.8 Å². The predicted molar refractivity (Wildman–Crippen MR) is 78.4 cm³/mol. The van der Waals surface area contributed by atoms with Crippen LogP contribution in [0.2, 0.25) is 5.02 Å². The Morgan fingerprint density at radius 2 is 2.11 bits per heavy atom. The van der Waals surface area contributed by atoms with E-state index < -0.39 is 0 Å². The maximum absolute atomic E-state index is 13.6. The van der Waals surface area contributed by atoms with Gasteiger partial charge in [-0.25, -0.2) is 4.39 Å². The summed E-state index contributed by atoms with van der Waals surface area (Å²) in [4.78, 5) is 0.846. The zero-order valence-electron chi connectivity index (χ0n) is 10.3. The number of nitrogens with two attached hydrogens (primary N) is 1. The van der Waals surface area contributed by atoms with Crippen molar-refractivity contribution < 1.29 is 9.13 Å². The molecule has 2 rings (SSSR count). The molecule has 0 heterocycles. The van der Waals surface area contributed by atoms with E-state index in [1.165, 1.54) is 17.8 Å². The first-order valence-electron chi connectivity index (χ1n) is 5.61. The molecule has 19 heavy (non-hydrogen) atoms. The molecular formula is C14H13ClFNOS. The molecule has 0 aliphatic heterocycles. The highest BCUT2D eigenvalue weighted by atomic mass is 35.5. The standard InChI is InChI=1S/C14H13ClFNOS/c1-18-9-5-6-13(17)14(7-9)19-8-10-11(15)3-2-4-12(10)16/h2-7H,8,17H2,1H3. The lowest BCUT2D eigenvalue weighted by molar-refractivity contribution is 0.414. The highest BCUT2D eigenvalue weighted by Gasteiger charge is 2.09. The molecule has 0 saturated heterocycles. The summed E-state index contributed by atoms with van der Waals surface area (Å²) in [5, 5.41) is 0.425. The van der Waals surface area contributed by atoms with E-state index in [4.69, 9.17) is 22.1 Å². The van der Waals surface area contributed by atoms with Gasteiger partial charge >= 0.3 is 0 Å². The van der Waals surface area contributed by atoms with Crippen LogP contribution in [0.3, 0.4) is 0 Å². The molecule has 0 aliphatic carbocycles. The summed E-state index contributed by atoms with van der Waals surface area (Å²) in [6.45, 7) is 0.